The largest absolute Gasteiger partial charge is 0.325 e. The van der Waals surface area contributed by atoms with Crippen LogP contribution in [0, 0.1) is 0 Å². The number of amides is 1. The number of benzene rings is 1. The van der Waals surface area contributed by atoms with E-state index in [0.717, 1.165) is 4.88 Å². The van der Waals surface area contributed by atoms with Gasteiger partial charge in [0, 0.05) is 17.8 Å². The Balaban J connectivity index is 2.03. The van der Waals surface area contributed by atoms with Crippen LogP contribution in [-0.4, -0.2) is 21.7 Å². The predicted molar refractivity (Wildman–Crippen MR) is 107 cm³/mol. The highest BCUT2D eigenvalue weighted by Gasteiger charge is 2.45. The number of fused-ring (bicyclic) bond motifs is 3. The fraction of sp³-hybridized carbons (Fsp3) is 0.158. The second-order valence-electron chi connectivity index (χ2n) is 5.95. The number of nitrogens with zero attached hydrogens (tertiary/aromatic N) is 3. The molecule has 1 amide bonds. The Bertz CT molecular complexity index is 1080. The Hall–Kier alpha value is -2.71. The molecule has 4 rings (SSSR count). The number of rotatable bonds is 4. The van der Waals surface area contributed by atoms with Crippen LogP contribution in [-0.2, 0) is 4.79 Å². The molecule has 0 bridgehead atoms. The van der Waals surface area contributed by atoms with Crippen molar-refractivity contribution in [2.75, 3.05) is 10.7 Å². The molecule has 0 aliphatic carbocycles. The SMILES string of the molecule is C=CCSc1n[n+]2c(c(=O)[nH]1)-c1ccccc1N(C(C)=O)C2c1cccs1. The maximum Gasteiger partial charge on any atom is 0.325 e. The zero-order valence-electron chi connectivity index (χ0n) is 14.6. The number of carbonyl (C=O) groups excluding carboxylic acids is 1. The van der Waals surface area contributed by atoms with Crippen molar-refractivity contribution < 1.29 is 9.48 Å². The summed E-state index contributed by atoms with van der Waals surface area (Å²) in [4.78, 5) is 31.0. The normalized spacial score (nSPS) is 15.1. The maximum absolute atomic E-state index is 12.9. The fourth-order valence-electron chi connectivity index (χ4n) is 3.21. The number of carbonyl (C=O) groups is 1. The highest BCUT2D eigenvalue weighted by molar-refractivity contribution is 7.99. The number of nitrogens with one attached hydrogen (secondary N) is 1. The minimum Gasteiger partial charge on any atom is -0.291 e. The van der Waals surface area contributed by atoms with Gasteiger partial charge in [-0.15, -0.1) is 17.9 Å². The molecule has 0 saturated heterocycles. The Morgan fingerprint density at radius 2 is 2.22 bits per heavy atom. The van der Waals surface area contributed by atoms with Crippen LogP contribution in [0.15, 0.2) is 64.4 Å². The van der Waals surface area contributed by atoms with E-state index in [4.69, 9.17) is 0 Å². The van der Waals surface area contributed by atoms with Gasteiger partial charge >= 0.3 is 17.4 Å². The van der Waals surface area contributed by atoms with Gasteiger partial charge in [0.1, 0.15) is 0 Å². The second-order valence-corrected chi connectivity index (χ2v) is 7.94. The summed E-state index contributed by atoms with van der Waals surface area (Å²) in [5.41, 5.74) is 1.62. The number of hydrogen-bond acceptors (Lipinski definition) is 5. The Labute approximate surface area is 164 Å². The molecule has 1 aromatic carbocycles. The lowest BCUT2D eigenvalue weighted by Gasteiger charge is -2.30. The van der Waals surface area contributed by atoms with Crippen molar-refractivity contribution in [1.29, 1.82) is 0 Å². The highest BCUT2D eigenvalue weighted by Crippen LogP contribution is 2.38. The van der Waals surface area contributed by atoms with Crippen molar-refractivity contribution in [3.8, 4) is 11.3 Å². The number of para-hydroxylation sites is 1. The smallest absolute Gasteiger partial charge is 0.291 e. The Morgan fingerprint density at radius 3 is 2.93 bits per heavy atom. The van der Waals surface area contributed by atoms with Crippen molar-refractivity contribution in [3.63, 3.8) is 0 Å². The first-order valence-electron chi connectivity index (χ1n) is 8.34. The minimum absolute atomic E-state index is 0.110. The predicted octanol–water partition coefficient (Wildman–Crippen LogP) is 2.98. The summed E-state index contributed by atoms with van der Waals surface area (Å²) < 4.78 is 1.67. The quantitative estimate of drug-likeness (QED) is 0.417. The molecule has 0 fully saturated rings. The van der Waals surface area contributed by atoms with Crippen LogP contribution in [0.2, 0.25) is 0 Å². The van der Waals surface area contributed by atoms with Crippen LogP contribution in [0.4, 0.5) is 5.69 Å². The summed E-state index contributed by atoms with van der Waals surface area (Å²) in [6.45, 7) is 5.24. The van der Waals surface area contributed by atoms with Crippen LogP contribution < -0.4 is 15.1 Å². The molecule has 27 heavy (non-hydrogen) atoms. The van der Waals surface area contributed by atoms with Crippen molar-refractivity contribution in [2.45, 2.75) is 18.2 Å². The zero-order valence-corrected chi connectivity index (χ0v) is 16.2. The van der Waals surface area contributed by atoms with E-state index >= 15 is 0 Å². The van der Waals surface area contributed by atoms with Gasteiger partial charge in [-0.25, -0.2) is 4.90 Å². The Kier molecular flexibility index (Phi) is 4.67. The van der Waals surface area contributed by atoms with Gasteiger partial charge in [-0.05, 0) is 28.3 Å². The number of thiophene rings is 1. The summed E-state index contributed by atoms with van der Waals surface area (Å²) >= 11 is 2.92. The Morgan fingerprint density at radius 1 is 1.41 bits per heavy atom. The number of anilines is 1. The fourth-order valence-corrected chi connectivity index (χ4v) is 4.60. The van der Waals surface area contributed by atoms with Crippen molar-refractivity contribution in [1.82, 2.24) is 10.1 Å². The molecule has 1 aliphatic rings. The molecule has 3 heterocycles. The second kappa shape index (κ2) is 7.13. The van der Waals surface area contributed by atoms with Crippen LogP contribution in [0.5, 0.6) is 0 Å². The summed E-state index contributed by atoms with van der Waals surface area (Å²) in [6, 6.07) is 11.3. The third kappa shape index (κ3) is 3.00. The third-order valence-electron chi connectivity index (χ3n) is 4.23. The van der Waals surface area contributed by atoms with Crippen molar-refractivity contribution in [2.24, 2.45) is 0 Å². The number of H-pyrrole nitrogens is 1. The molecule has 8 heteroatoms. The summed E-state index contributed by atoms with van der Waals surface area (Å²) in [5, 5.41) is 7.12. The van der Waals surface area contributed by atoms with Gasteiger partial charge in [0.15, 0.2) is 0 Å². The minimum atomic E-state index is -0.502. The van der Waals surface area contributed by atoms with Gasteiger partial charge in [-0.2, -0.15) is 0 Å². The first-order chi connectivity index (χ1) is 13.1. The third-order valence-corrected chi connectivity index (χ3v) is 6.00. The van der Waals surface area contributed by atoms with E-state index in [0.29, 0.717) is 27.9 Å². The molecule has 0 saturated carbocycles. The molecule has 1 N–H and O–H groups in total. The lowest BCUT2D eigenvalue weighted by Crippen LogP contribution is -2.60. The lowest BCUT2D eigenvalue weighted by molar-refractivity contribution is -0.762. The number of aromatic amines is 1. The standard InChI is InChI=1S/C19H16N4O2S2/c1-3-10-27-19-20-17(25)16-13-7-4-5-8-14(13)22(12(2)24)18(23(16)21-19)15-9-6-11-26-15/h3-9,11,18H,1,10H2,2H3/p+1. The topological polar surface area (TPSA) is 69.9 Å². The number of aromatic nitrogens is 3. The van der Waals surface area contributed by atoms with Crippen molar-refractivity contribution >= 4 is 34.7 Å². The van der Waals surface area contributed by atoms with E-state index in [-0.39, 0.29) is 11.5 Å². The molecule has 1 atom stereocenters. The molecule has 6 nitrogen and oxygen atoms in total. The molecule has 3 aromatic rings. The van der Waals surface area contributed by atoms with Gasteiger partial charge in [0.2, 0.25) is 11.1 Å². The summed E-state index contributed by atoms with van der Waals surface area (Å²) in [7, 11) is 0. The monoisotopic (exact) mass is 397 g/mol. The molecule has 1 aliphatic heterocycles. The maximum atomic E-state index is 12.9. The van der Waals surface area contributed by atoms with E-state index in [9.17, 15) is 9.59 Å². The van der Waals surface area contributed by atoms with E-state index < -0.39 is 6.17 Å². The van der Waals surface area contributed by atoms with Gasteiger partial charge < -0.3 is 0 Å². The highest BCUT2D eigenvalue weighted by atomic mass is 32.2. The van der Waals surface area contributed by atoms with Gasteiger partial charge in [0.25, 0.3) is 0 Å². The first-order valence-corrected chi connectivity index (χ1v) is 10.2. The lowest BCUT2D eigenvalue weighted by atomic mass is 10.0. The molecule has 2 aromatic heterocycles. The summed E-state index contributed by atoms with van der Waals surface area (Å²) in [5.74, 6) is 0.514. The van der Waals surface area contributed by atoms with E-state index in [1.165, 1.54) is 30.0 Å². The van der Waals surface area contributed by atoms with Crippen molar-refractivity contribution in [3.05, 3.63) is 69.7 Å². The van der Waals surface area contributed by atoms with Gasteiger partial charge in [-0.1, -0.05) is 36.0 Å². The summed E-state index contributed by atoms with van der Waals surface area (Å²) in [6.07, 6.45) is 1.25. The van der Waals surface area contributed by atoms with Crippen LogP contribution in [0.25, 0.3) is 11.3 Å². The number of hydrogen-bond donors (Lipinski definition) is 1. The van der Waals surface area contributed by atoms with Crippen LogP contribution in [0.3, 0.4) is 0 Å². The van der Waals surface area contributed by atoms with Gasteiger partial charge in [0.05, 0.1) is 16.1 Å². The molecule has 1 unspecified atom stereocenters. The molecular weight excluding hydrogens is 380 g/mol. The van der Waals surface area contributed by atoms with E-state index in [2.05, 4.69) is 16.7 Å². The van der Waals surface area contributed by atoms with Gasteiger partial charge in [-0.3, -0.25) is 14.6 Å². The molecule has 0 radical (unpaired) electrons. The van der Waals surface area contributed by atoms with Crippen LogP contribution in [0.1, 0.15) is 18.0 Å². The number of thioether (sulfide) groups is 1. The van der Waals surface area contributed by atoms with E-state index in [1.54, 1.807) is 15.7 Å². The van der Waals surface area contributed by atoms with E-state index in [1.807, 2.05) is 41.8 Å². The average Bonchev–Trinajstić information content (AvgIpc) is 3.19. The molecular formula is C19H17N4O2S2+. The first kappa shape index (κ1) is 17.7. The molecule has 136 valence electrons. The zero-order chi connectivity index (χ0) is 19.0. The average molecular weight is 398 g/mol. The van der Waals surface area contributed by atoms with Crippen LogP contribution >= 0.6 is 23.1 Å². The molecule has 0 spiro atoms.